The summed E-state index contributed by atoms with van der Waals surface area (Å²) in [4.78, 5) is 16.0. The van der Waals surface area contributed by atoms with E-state index in [2.05, 4.69) is 25.8 Å². The normalized spacial score (nSPS) is 10.9. The van der Waals surface area contributed by atoms with Crippen molar-refractivity contribution in [3.63, 3.8) is 0 Å². The molecule has 0 aromatic heterocycles. The number of rotatable bonds is 16. The Morgan fingerprint density at radius 1 is 0.793 bits per heavy atom. The van der Waals surface area contributed by atoms with Crippen molar-refractivity contribution in [2.45, 2.75) is 71.6 Å². The third-order valence-electron chi connectivity index (χ3n) is 5.07. The molecule has 0 unspecified atom stereocenters. The van der Waals surface area contributed by atoms with Crippen molar-refractivity contribution in [1.82, 2.24) is 4.90 Å². The molecule has 0 saturated heterocycles. The van der Waals surface area contributed by atoms with Crippen molar-refractivity contribution in [1.29, 1.82) is 0 Å². The van der Waals surface area contributed by atoms with Gasteiger partial charge in [0.15, 0.2) is 0 Å². The SMILES string of the molecule is CCCCCN(C)CCCCCCOc1ccc(N(C)C(=O)OCCCC)cc1. The van der Waals surface area contributed by atoms with Crippen LogP contribution in [-0.2, 0) is 4.74 Å². The van der Waals surface area contributed by atoms with Crippen LogP contribution in [0.5, 0.6) is 5.75 Å². The number of unbranched alkanes of at least 4 members (excludes halogenated alkanes) is 6. The van der Waals surface area contributed by atoms with E-state index in [9.17, 15) is 4.79 Å². The van der Waals surface area contributed by atoms with Crippen molar-refractivity contribution in [3.05, 3.63) is 24.3 Å². The van der Waals surface area contributed by atoms with E-state index < -0.39 is 0 Å². The fraction of sp³-hybridized carbons (Fsp3) is 0.708. The lowest BCUT2D eigenvalue weighted by Crippen LogP contribution is -2.27. The maximum absolute atomic E-state index is 12.0. The molecular weight excluding hydrogens is 364 g/mol. The van der Waals surface area contributed by atoms with Crippen LogP contribution >= 0.6 is 0 Å². The van der Waals surface area contributed by atoms with Gasteiger partial charge >= 0.3 is 6.09 Å². The summed E-state index contributed by atoms with van der Waals surface area (Å²) in [5, 5.41) is 0. The number of nitrogens with zero attached hydrogens (tertiary/aromatic N) is 2. The third-order valence-corrected chi connectivity index (χ3v) is 5.07. The van der Waals surface area contributed by atoms with Gasteiger partial charge in [-0.25, -0.2) is 4.79 Å². The minimum absolute atomic E-state index is 0.317. The highest BCUT2D eigenvalue weighted by atomic mass is 16.6. The lowest BCUT2D eigenvalue weighted by molar-refractivity contribution is 0.153. The largest absolute Gasteiger partial charge is 0.494 e. The highest BCUT2D eigenvalue weighted by Crippen LogP contribution is 2.19. The predicted molar refractivity (Wildman–Crippen MR) is 122 cm³/mol. The molecule has 0 aliphatic rings. The highest BCUT2D eigenvalue weighted by Gasteiger charge is 2.11. The molecule has 1 aromatic carbocycles. The van der Waals surface area contributed by atoms with Gasteiger partial charge in [-0.2, -0.15) is 0 Å². The zero-order valence-electron chi connectivity index (χ0n) is 19.1. The first kappa shape index (κ1) is 25.3. The van der Waals surface area contributed by atoms with Crippen LogP contribution < -0.4 is 9.64 Å². The van der Waals surface area contributed by atoms with E-state index in [1.807, 2.05) is 24.3 Å². The molecule has 1 amide bonds. The van der Waals surface area contributed by atoms with Gasteiger partial charge in [-0.1, -0.05) is 46.0 Å². The zero-order valence-corrected chi connectivity index (χ0v) is 19.1. The number of amides is 1. The van der Waals surface area contributed by atoms with E-state index in [4.69, 9.17) is 9.47 Å². The van der Waals surface area contributed by atoms with E-state index in [0.717, 1.165) is 37.3 Å². The predicted octanol–water partition coefficient (Wildman–Crippen LogP) is 6.12. The Bertz CT molecular complexity index is 533. The summed E-state index contributed by atoms with van der Waals surface area (Å²) in [6.45, 7) is 7.94. The lowest BCUT2D eigenvalue weighted by atomic mass is 10.2. The fourth-order valence-corrected chi connectivity index (χ4v) is 3.04. The van der Waals surface area contributed by atoms with E-state index in [1.54, 1.807) is 7.05 Å². The number of hydrogen-bond acceptors (Lipinski definition) is 4. The minimum atomic E-state index is -0.317. The monoisotopic (exact) mass is 406 g/mol. The Kier molecular flexibility index (Phi) is 14.0. The second-order valence-electron chi connectivity index (χ2n) is 7.79. The molecule has 0 aliphatic heterocycles. The molecule has 1 aromatic rings. The van der Waals surface area contributed by atoms with Crippen LogP contribution in [-0.4, -0.2) is 51.4 Å². The molecule has 0 spiro atoms. The van der Waals surface area contributed by atoms with Gasteiger partial charge in [-0.3, -0.25) is 4.90 Å². The van der Waals surface area contributed by atoms with E-state index in [1.165, 1.54) is 56.5 Å². The van der Waals surface area contributed by atoms with Gasteiger partial charge in [-0.15, -0.1) is 0 Å². The van der Waals surface area contributed by atoms with Crippen LogP contribution in [0.2, 0.25) is 0 Å². The summed E-state index contributed by atoms with van der Waals surface area (Å²) in [7, 11) is 3.95. The van der Waals surface area contributed by atoms with E-state index in [-0.39, 0.29) is 6.09 Å². The first-order valence-electron chi connectivity index (χ1n) is 11.4. The number of anilines is 1. The smallest absolute Gasteiger partial charge is 0.414 e. The molecule has 29 heavy (non-hydrogen) atoms. The quantitative estimate of drug-likeness (QED) is 0.310. The van der Waals surface area contributed by atoms with Crippen LogP contribution in [0.15, 0.2) is 24.3 Å². The summed E-state index contributed by atoms with van der Waals surface area (Å²) < 4.78 is 11.1. The molecule has 166 valence electrons. The molecule has 0 heterocycles. The van der Waals surface area contributed by atoms with Crippen LogP contribution in [0.3, 0.4) is 0 Å². The molecule has 0 fully saturated rings. The molecule has 0 saturated carbocycles. The Labute approximate surface area is 178 Å². The van der Waals surface area contributed by atoms with Gasteiger partial charge in [-0.05, 0) is 70.1 Å². The van der Waals surface area contributed by atoms with Gasteiger partial charge in [0.2, 0.25) is 0 Å². The Morgan fingerprint density at radius 3 is 2.07 bits per heavy atom. The molecule has 5 heteroatoms. The maximum atomic E-state index is 12.0. The summed E-state index contributed by atoms with van der Waals surface area (Å²) in [5.41, 5.74) is 0.807. The molecule has 0 radical (unpaired) electrons. The average Bonchev–Trinajstić information content (AvgIpc) is 2.73. The van der Waals surface area contributed by atoms with Gasteiger partial charge in [0.05, 0.1) is 13.2 Å². The second-order valence-corrected chi connectivity index (χ2v) is 7.79. The summed E-state index contributed by atoms with van der Waals surface area (Å²) in [6.07, 6.45) is 10.3. The Balaban J connectivity index is 2.14. The molecule has 0 bridgehead atoms. The van der Waals surface area contributed by atoms with Gasteiger partial charge < -0.3 is 14.4 Å². The van der Waals surface area contributed by atoms with Crippen LogP contribution in [0, 0.1) is 0 Å². The number of benzene rings is 1. The Hall–Kier alpha value is -1.75. The average molecular weight is 407 g/mol. The fourth-order valence-electron chi connectivity index (χ4n) is 3.04. The van der Waals surface area contributed by atoms with E-state index in [0.29, 0.717) is 6.61 Å². The van der Waals surface area contributed by atoms with Gasteiger partial charge in [0.25, 0.3) is 0 Å². The standard InChI is InChI=1S/C24H42N2O3/c1-5-7-11-18-25(3)19-12-9-10-13-21-28-23-16-14-22(15-17-23)26(4)24(27)29-20-8-6-2/h14-17H,5-13,18-21H2,1-4H3. The van der Waals surface area contributed by atoms with Crippen molar-refractivity contribution in [3.8, 4) is 5.75 Å². The molecular formula is C24H42N2O3. The number of hydrogen-bond donors (Lipinski definition) is 0. The van der Waals surface area contributed by atoms with E-state index >= 15 is 0 Å². The van der Waals surface area contributed by atoms with Gasteiger partial charge in [0.1, 0.15) is 5.75 Å². The first-order chi connectivity index (χ1) is 14.1. The summed E-state index contributed by atoms with van der Waals surface area (Å²) >= 11 is 0. The highest BCUT2D eigenvalue weighted by molar-refractivity contribution is 5.86. The first-order valence-corrected chi connectivity index (χ1v) is 11.4. The summed E-state index contributed by atoms with van der Waals surface area (Å²) in [5.74, 6) is 0.845. The maximum Gasteiger partial charge on any atom is 0.414 e. The third kappa shape index (κ3) is 11.7. The van der Waals surface area contributed by atoms with Crippen molar-refractivity contribution < 1.29 is 14.3 Å². The van der Waals surface area contributed by atoms with Crippen molar-refractivity contribution in [2.24, 2.45) is 0 Å². The molecule has 0 aliphatic carbocycles. The Morgan fingerprint density at radius 2 is 1.41 bits per heavy atom. The summed E-state index contributed by atoms with van der Waals surface area (Å²) in [6, 6.07) is 7.61. The molecule has 0 N–H and O–H groups in total. The van der Waals surface area contributed by atoms with Crippen LogP contribution in [0.25, 0.3) is 0 Å². The number of carbonyl (C=O) groups is 1. The second kappa shape index (κ2) is 16.1. The lowest BCUT2D eigenvalue weighted by Gasteiger charge is -2.17. The number of carbonyl (C=O) groups excluding carboxylic acids is 1. The van der Waals surface area contributed by atoms with Crippen molar-refractivity contribution >= 4 is 11.8 Å². The number of ether oxygens (including phenoxy) is 2. The molecule has 1 rings (SSSR count). The minimum Gasteiger partial charge on any atom is -0.494 e. The van der Waals surface area contributed by atoms with Crippen LogP contribution in [0.1, 0.15) is 71.6 Å². The molecule has 5 nitrogen and oxygen atoms in total. The van der Waals surface area contributed by atoms with Crippen molar-refractivity contribution in [2.75, 3.05) is 45.3 Å². The topological polar surface area (TPSA) is 42.0 Å². The van der Waals surface area contributed by atoms with Crippen LogP contribution in [0.4, 0.5) is 10.5 Å². The van der Waals surface area contributed by atoms with Gasteiger partial charge in [0, 0.05) is 12.7 Å². The molecule has 0 atom stereocenters. The zero-order chi connectivity index (χ0) is 21.3.